The molecule has 0 aliphatic carbocycles. The first-order valence-electron chi connectivity index (χ1n) is 6.49. The van der Waals surface area contributed by atoms with Crippen LogP contribution in [0.25, 0.3) is 0 Å². The molecule has 1 amide bonds. The van der Waals surface area contributed by atoms with Gasteiger partial charge in [-0.3, -0.25) is 5.32 Å². The highest BCUT2D eigenvalue weighted by Crippen LogP contribution is 2.29. The van der Waals surface area contributed by atoms with E-state index in [0.717, 1.165) is 11.8 Å². The van der Waals surface area contributed by atoms with Crippen molar-refractivity contribution in [3.8, 4) is 5.75 Å². The highest BCUT2D eigenvalue weighted by atomic mass is 16.6. The summed E-state index contributed by atoms with van der Waals surface area (Å²) in [5.41, 5.74) is 0.526. The summed E-state index contributed by atoms with van der Waals surface area (Å²) in [6, 6.07) is 4.86. The van der Waals surface area contributed by atoms with E-state index in [0.29, 0.717) is 6.42 Å². The van der Waals surface area contributed by atoms with Crippen LogP contribution in [0.4, 0.5) is 10.5 Å². The van der Waals surface area contributed by atoms with Crippen LogP contribution in [0.15, 0.2) is 18.2 Å². The molecule has 1 aromatic carbocycles. The van der Waals surface area contributed by atoms with Crippen molar-refractivity contribution >= 4 is 18.1 Å². The summed E-state index contributed by atoms with van der Waals surface area (Å²) in [6.07, 6.45) is 0.600. The number of aldehydes is 1. The van der Waals surface area contributed by atoms with E-state index in [9.17, 15) is 14.7 Å². The van der Waals surface area contributed by atoms with Crippen LogP contribution >= 0.6 is 0 Å². The minimum atomic E-state index is -0.631. The molecule has 0 heterocycles. The van der Waals surface area contributed by atoms with E-state index in [4.69, 9.17) is 4.74 Å². The summed E-state index contributed by atoms with van der Waals surface area (Å²) in [5.74, 6) is -0.0230. The van der Waals surface area contributed by atoms with Crippen LogP contribution in [0.5, 0.6) is 5.75 Å². The Bertz CT molecular complexity index is 491. The SMILES string of the molecule is CC(CC=O)c1ccc(O)c(NC(=O)OC(C)(C)C)c1. The van der Waals surface area contributed by atoms with Crippen LogP contribution in [0.1, 0.15) is 45.6 Å². The first-order valence-corrected chi connectivity index (χ1v) is 6.49. The number of anilines is 1. The number of carbonyl (C=O) groups is 2. The fraction of sp³-hybridized carbons (Fsp3) is 0.467. The molecule has 0 saturated carbocycles. The Balaban J connectivity index is 2.86. The lowest BCUT2D eigenvalue weighted by atomic mass is 9.98. The monoisotopic (exact) mass is 279 g/mol. The molecule has 0 bridgehead atoms. The van der Waals surface area contributed by atoms with Crippen molar-refractivity contribution in [2.45, 2.75) is 45.6 Å². The third kappa shape index (κ3) is 4.91. The molecule has 5 nitrogen and oxygen atoms in total. The molecular formula is C15H21NO4. The van der Waals surface area contributed by atoms with Crippen molar-refractivity contribution in [2.75, 3.05) is 5.32 Å². The molecule has 0 aliphatic heterocycles. The van der Waals surface area contributed by atoms with Crippen molar-refractivity contribution in [3.05, 3.63) is 23.8 Å². The third-order valence-electron chi connectivity index (χ3n) is 2.68. The fourth-order valence-corrected chi connectivity index (χ4v) is 1.65. The van der Waals surface area contributed by atoms with Gasteiger partial charge < -0.3 is 14.6 Å². The van der Waals surface area contributed by atoms with Gasteiger partial charge in [0.15, 0.2) is 0 Å². The number of rotatable bonds is 4. The van der Waals surface area contributed by atoms with Crippen molar-refractivity contribution < 1.29 is 19.4 Å². The Kier molecular flexibility index (Phi) is 5.13. The van der Waals surface area contributed by atoms with Gasteiger partial charge in [-0.05, 0) is 44.4 Å². The summed E-state index contributed by atoms with van der Waals surface area (Å²) in [7, 11) is 0. The molecule has 1 aromatic rings. The van der Waals surface area contributed by atoms with E-state index in [1.807, 2.05) is 6.92 Å². The summed E-state index contributed by atoms with van der Waals surface area (Å²) >= 11 is 0. The highest BCUT2D eigenvalue weighted by Gasteiger charge is 2.18. The van der Waals surface area contributed by atoms with Gasteiger partial charge in [-0.2, -0.15) is 0 Å². The average Bonchev–Trinajstić information content (AvgIpc) is 2.29. The number of nitrogens with one attached hydrogen (secondary N) is 1. The van der Waals surface area contributed by atoms with Crippen LogP contribution in [0.3, 0.4) is 0 Å². The molecule has 1 unspecified atom stereocenters. The molecule has 0 radical (unpaired) electrons. The quantitative estimate of drug-likeness (QED) is 0.654. The lowest BCUT2D eigenvalue weighted by Crippen LogP contribution is -2.27. The second-order valence-corrected chi connectivity index (χ2v) is 5.71. The van der Waals surface area contributed by atoms with Crippen LogP contribution in [0, 0.1) is 0 Å². The molecule has 2 N–H and O–H groups in total. The Morgan fingerprint density at radius 2 is 2.10 bits per heavy atom. The molecule has 1 atom stereocenters. The maximum Gasteiger partial charge on any atom is 0.412 e. The maximum absolute atomic E-state index is 11.7. The number of benzene rings is 1. The van der Waals surface area contributed by atoms with Crippen molar-refractivity contribution in [1.82, 2.24) is 0 Å². The second kappa shape index (κ2) is 6.41. The Morgan fingerprint density at radius 3 is 2.65 bits per heavy atom. The van der Waals surface area contributed by atoms with E-state index < -0.39 is 11.7 Å². The smallest absolute Gasteiger partial charge is 0.412 e. The molecular weight excluding hydrogens is 258 g/mol. The minimum absolute atomic E-state index is 0.0206. The average molecular weight is 279 g/mol. The number of phenolic OH excluding ortho intramolecular Hbond substituents is 1. The van der Waals surface area contributed by atoms with E-state index >= 15 is 0 Å². The van der Waals surface area contributed by atoms with Crippen LogP contribution in [-0.4, -0.2) is 23.1 Å². The van der Waals surface area contributed by atoms with Crippen molar-refractivity contribution in [2.24, 2.45) is 0 Å². The predicted molar refractivity (Wildman–Crippen MR) is 77.1 cm³/mol. The molecule has 5 heteroatoms. The predicted octanol–water partition coefficient (Wildman–Crippen LogP) is 3.43. The molecule has 110 valence electrons. The zero-order valence-electron chi connectivity index (χ0n) is 12.3. The first-order chi connectivity index (χ1) is 9.23. The standard InChI is InChI=1S/C15H21NO4/c1-10(7-8-17)11-5-6-13(18)12(9-11)16-14(19)20-15(2,3)4/h5-6,8-10,18H,7H2,1-4H3,(H,16,19). The molecule has 0 aliphatic rings. The molecule has 0 fully saturated rings. The topological polar surface area (TPSA) is 75.6 Å². The van der Waals surface area contributed by atoms with Gasteiger partial charge >= 0.3 is 6.09 Å². The molecule has 1 rings (SSSR count). The first kappa shape index (κ1) is 16.0. The number of ether oxygens (including phenoxy) is 1. The zero-order chi connectivity index (χ0) is 15.3. The summed E-state index contributed by atoms with van der Waals surface area (Å²) in [6.45, 7) is 7.18. The van der Waals surface area contributed by atoms with Crippen LogP contribution in [0.2, 0.25) is 0 Å². The van der Waals surface area contributed by atoms with E-state index in [-0.39, 0.29) is 17.4 Å². The van der Waals surface area contributed by atoms with E-state index in [1.165, 1.54) is 6.07 Å². The number of aromatic hydroxyl groups is 1. The van der Waals surface area contributed by atoms with Gasteiger partial charge in [0.2, 0.25) is 0 Å². The van der Waals surface area contributed by atoms with Gasteiger partial charge in [0.25, 0.3) is 0 Å². The van der Waals surface area contributed by atoms with Crippen LogP contribution < -0.4 is 5.32 Å². The number of amides is 1. The largest absolute Gasteiger partial charge is 0.506 e. The van der Waals surface area contributed by atoms with Gasteiger partial charge in [0.05, 0.1) is 5.69 Å². The van der Waals surface area contributed by atoms with Gasteiger partial charge in [-0.25, -0.2) is 4.79 Å². The highest BCUT2D eigenvalue weighted by molar-refractivity contribution is 5.87. The Morgan fingerprint density at radius 1 is 1.45 bits per heavy atom. The summed E-state index contributed by atoms with van der Waals surface area (Å²) < 4.78 is 5.13. The number of hydrogen-bond acceptors (Lipinski definition) is 4. The number of hydrogen-bond donors (Lipinski definition) is 2. The summed E-state index contributed by atoms with van der Waals surface area (Å²) in [4.78, 5) is 22.2. The Hall–Kier alpha value is -2.04. The maximum atomic E-state index is 11.7. The fourth-order valence-electron chi connectivity index (χ4n) is 1.65. The van der Waals surface area contributed by atoms with Crippen molar-refractivity contribution in [3.63, 3.8) is 0 Å². The number of carbonyl (C=O) groups excluding carboxylic acids is 2. The lowest BCUT2D eigenvalue weighted by Gasteiger charge is -2.20. The van der Waals surface area contributed by atoms with Gasteiger partial charge in [-0.1, -0.05) is 13.0 Å². The normalized spacial score (nSPS) is 12.6. The third-order valence-corrected chi connectivity index (χ3v) is 2.68. The Labute approximate surface area is 118 Å². The molecule has 0 aromatic heterocycles. The van der Waals surface area contributed by atoms with Gasteiger partial charge in [0.1, 0.15) is 17.6 Å². The minimum Gasteiger partial charge on any atom is -0.506 e. The summed E-state index contributed by atoms with van der Waals surface area (Å²) in [5, 5.41) is 12.3. The number of phenols is 1. The molecule has 0 saturated heterocycles. The lowest BCUT2D eigenvalue weighted by molar-refractivity contribution is -0.108. The molecule has 20 heavy (non-hydrogen) atoms. The molecule has 0 spiro atoms. The van der Waals surface area contributed by atoms with E-state index in [2.05, 4.69) is 5.32 Å². The van der Waals surface area contributed by atoms with Gasteiger partial charge in [-0.15, -0.1) is 0 Å². The zero-order valence-corrected chi connectivity index (χ0v) is 12.3. The second-order valence-electron chi connectivity index (χ2n) is 5.71. The van der Waals surface area contributed by atoms with Gasteiger partial charge in [0, 0.05) is 6.42 Å². The van der Waals surface area contributed by atoms with Crippen LogP contribution in [-0.2, 0) is 9.53 Å². The van der Waals surface area contributed by atoms with Crippen molar-refractivity contribution in [1.29, 1.82) is 0 Å². The van der Waals surface area contributed by atoms with E-state index in [1.54, 1.807) is 32.9 Å².